The zero-order valence-corrected chi connectivity index (χ0v) is 16.0. The van der Waals surface area contributed by atoms with Crippen molar-refractivity contribution in [2.24, 2.45) is 0 Å². The second-order valence-corrected chi connectivity index (χ2v) is 6.92. The maximum absolute atomic E-state index is 12.3. The molecule has 26 heavy (non-hydrogen) atoms. The van der Waals surface area contributed by atoms with E-state index in [9.17, 15) is 4.79 Å². The first kappa shape index (κ1) is 18.8. The molecular weight excluding hydrogens is 373 g/mol. The fourth-order valence-corrected chi connectivity index (χ4v) is 3.19. The topological polar surface area (TPSA) is 53.6 Å². The molecule has 1 fully saturated rings. The van der Waals surface area contributed by atoms with Crippen LogP contribution in [-0.2, 0) is 9.53 Å². The Morgan fingerprint density at radius 1 is 1.15 bits per heavy atom. The number of carbonyl (C=O) groups excluding carboxylic acids is 1. The van der Waals surface area contributed by atoms with Gasteiger partial charge < -0.3 is 20.3 Å². The number of rotatable bonds is 5. The summed E-state index contributed by atoms with van der Waals surface area (Å²) in [5, 5.41) is 7.32. The average Bonchev–Trinajstić information content (AvgIpc) is 2.64. The van der Waals surface area contributed by atoms with Crippen molar-refractivity contribution in [2.45, 2.75) is 6.92 Å². The van der Waals surface area contributed by atoms with Gasteiger partial charge in [-0.1, -0.05) is 29.3 Å². The molecular formula is C19H21Cl2N3O2. The Hall–Kier alpha value is -1.95. The van der Waals surface area contributed by atoms with Crippen LogP contribution in [0.4, 0.5) is 17.1 Å². The predicted molar refractivity (Wildman–Crippen MR) is 108 cm³/mol. The summed E-state index contributed by atoms with van der Waals surface area (Å²) in [5.74, 6) is -0.150. The van der Waals surface area contributed by atoms with Crippen molar-refractivity contribution in [1.82, 2.24) is 0 Å². The molecule has 3 rings (SSSR count). The normalized spacial score (nSPS) is 14.2. The summed E-state index contributed by atoms with van der Waals surface area (Å²) in [6.07, 6.45) is 0. The van der Waals surface area contributed by atoms with E-state index in [0.29, 0.717) is 28.9 Å². The van der Waals surface area contributed by atoms with Gasteiger partial charge in [-0.3, -0.25) is 4.79 Å². The van der Waals surface area contributed by atoms with E-state index >= 15 is 0 Å². The number of nitrogens with one attached hydrogen (secondary N) is 2. The Labute approximate surface area is 163 Å². The molecule has 2 aromatic carbocycles. The molecule has 1 heterocycles. The molecule has 1 aliphatic rings. The Balaban J connectivity index is 1.67. The van der Waals surface area contributed by atoms with Crippen LogP contribution < -0.4 is 15.5 Å². The quantitative estimate of drug-likeness (QED) is 0.799. The molecule has 5 nitrogen and oxygen atoms in total. The molecule has 0 aromatic heterocycles. The van der Waals surface area contributed by atoms with Gasteiger partial charge in [0.2, 0.25) is 5.91 Å². The van der Waals surface area contributed by atoms with Gasteiger partial charge in [0.25, 0.3) is 0 Å². The first-order chi connectivity index (χ1) is 12.5. The zero-order chi connectivity index (χ0) is 18.5. The SMILES string of the molecule is Cc1c(Cl)cccc1NC(=O)CNc1cc(Cl)ccc1N1CCOCC1. The van der Waals surface area contributed by atoms with Gasteiger partial charge >= 0.3 is 0 Å². The van der Waals surface area contributed by atoms with E-state index in [-0.39, 0.29) is 12.5 Å². The standard InChI is InChI=1S/C19H21Cl2N3O2/c1-13-15(21)3-2-4-16(13)23-19(25)12-22-17-11-14(20)5-6-18(17)24-7-9-26-10-8-24/h2-6,11,22H,7-10,12H2,1H3,(H,23,25). The summed E-state index contributed by atoms with van der Waals surface area (Å²) in [6.45, 7) is 5.00. The van der Waals surface area contributed by atoms with Crippen molar-refractivity contribution in [1.29, 1.82) is 0 Å². The highest BCUT2D eigenvalue weighted by atomic mass is 35.5. The number of halogens is 2. The summed E-state index contributed by atoms with van der Waals surface area (Å²) in [6, 6.07) is 11.1. The molecule has 7 heteroatoms. The molecule has 2 N–H and O–H groups in total. The van der Waals surface area contributed by atoms with E-state index in [1.807, 2.05) is 37.3 Å². The molecule has 1 saturated heterocycles. The van der Waals surface area contributed by atoms with Gasteiger partial charge in [0.05, 0.1) is 31.1 Å². The lowest BCUT2D eigenvalue weighted by Gasteiger charge is -2.30. The monoisotopic (exact) mass is 393 g/mol. The Bertz CT molecular complexity index is 792. The van der Waals surface area contributed by atoms with Gasteiger partial charge in [-0.05, 0) is 42.8 Å². The Morgan fingerprint density at radius 3 is 2.69 bits per heavy atom. The largest absolute Gasteiger partial charge is 0.378 e. The fraction of sp³-hybridized carbons (Fsp3) is 0.316. The number of amides is 1. The maximum atomic E-state index is 12.3. The molecule has 2 aromatic rings. The van der Waals surface area contributed by atoms with Gasteiger partial charge in [-0.25, -0.2) is 0 Å². The molecule has 138 valence electrons. The van der Waals surface area contributed by atoms with E-state index in [2.05, 4.69) is 15.5 Å². The predicted octanol–water partition coefficient (Wildman–Crippen LogP) is 4.19. The molecule has 0 aliphatic carbocycles. The summed E-state index contributed by atoms with van der Waals surface area (Å²) in [4.78, 5) is 14.6. The van der Waals surface area contributed by atoms with Crippen molar-refractivity contribution in [2.75, 3.05) is 48.4 Å². The van der Waals surface area contributed by atoms with Crippen LogP contribution in [0.3, 0.4) is 0 Å². The second kappa shape index (κ2) is 8.62. The first-order valence-electron chi connectivity index (χ1n) is 8.45. The Kier molecular flexibility index (Phi) is 6.25. The van der Waals surface area contributed by atoms with Crippen LogP contribution in [0.15, 0.2) is 36.4 Å². The minimum Gasteiger partial charge on any atom is -0.378 e. The third kappa shape index (κ3) is 4.61. The van der Waals surface area contributed by atoms with Crippen LogP contribution in [0.5, 0.6) is 0 Å². The molecule has 0 unspecified atom stereocenters. The molecule has 0 radical (unpaired) electrons. The van der Waals surface area contributed by atoms with Crippen molar-refractivity contribution in [3.63, 3.8) is 0 Å². The molecule has 1 amide bonds. The number of carbonyl (C=O) groups is 1. The number of ether oxygens (including phenoxy) is 1. The first-order valence-corrected chi connectivity index (χ1v) is 9.21. The lowest BCUT2D eigenvalue weighted by Crippen LogP contribution is -2.36. The highest BCUT2D eigenvalue weighted by Gasteiger charge is 2.16. The number of hydrogen-bond acceptors (Lipinski definition) is 4. The molecule has 1 aliphatic heterocycles. The average molecular weight is 394 g/mol. The van der Waals surface area contributed by atoms with Gasteiger partial charge in [0.15, 0.2) is 0 Å². The van der Waals surface area contributed by atoms with E-state index < -0.39 is 0 Å². The van der Waals surface area contributed by atoms with Gasteiger partial charge in [-0.2, -0.15) is 0 Å². The van der Waals surface area contributed by atoms with Gasteiger partial charge in [0.1, 0.15) is 0 Å². The summed E-state index contributed by atoms with van der Waals surface area (Å²) >= 11 is 12.2. The van der Waals surface area contributed by atoms with Crippen LogP contribution >= 0.6 is 23.2 Å². The number of hydrogen-bond donors (Lipinski definition) is 2. The summed E-state index contributed by atoms with van der Waals surface area (Å²) in [5.41, 5.74) is 3.41. The van der Waals surface area contributed by atoms with Gasteiger partial charge in [0, 0.05) is 28.8 Å². The maximum Gasteiger partial charge on any atom is 0.243 e. The van der Waals surface area contributed by atoms with Crippen LogP contribution in [-0.4, -0.2) is 38.8 Å². The van der Waals surface area contributed by atoms with E-state index in [1.54, 1.807) is 6.07 Å². The van der Waals surface area contributed by atoms with E-state index in [4.69, 9.17) is 27.9 Å². The number of nitrogens with zero attached hydrogens (tertiary/aromatic N) is 1. The van der Waals surface area contributed by atoms with Crippen molar-refractivity contribution >= 4 is 46.2 Å². The summed E-state index contributed by atoms with van der Waals surface area (Å²) in [7, 11) is 0. The minimum atomic E-state index is -0.150. The highest BCUT2D eigenvalue weighted by molar-refractivity contribution is 6.32. The lowest BCUT2D eigenvalue weighted by atomic mass is 10.2. The van der Waals surface area contributed by atoms with Crippen molar-refractivity contribution in [3.05, 3.63) is 52.0 Å². The molecule has 0 bridgehead atoms. The van der Waals surface area contributed by atoms with Crippen LogP contribution in [0.2, 0.25) is 10.0 Å². The zero-order valence-electron chi connectivity index (χ0n) is 14.5. The van der Waals surface area contributed by atoms with Crippen LogP contribution in [0, 0.1) is 6.92 Å². The smallest absolute Gasteiger partial charge is 0.243 e. The third-order valence-corrected chi connectivity index (χ3v) is 4.94. The molecule has 0 atom stereocenters. The van der Waals surface area contributed by atoms with Crippen molar-refractivity contribution < 1.29 is 9.53 Å². The lowest BCUT2D eigenvalue weighted by molar-refractivity contribution is -0.114. The molecule has 0 spiro atoms. The van der Waals surface area contributed by atoms with Gasteiger partial charge in [-0.15, -0.1) is 0 Å². The minimum absolute atomic E-state index is 0.129. The number of anilines is 3. The van der Waals surface area contributed by atoms with E-state index in [1.165, 1.54) is 0 Å². The van der Waals surface area contributed by atoms with Crippen LogP contribution in [0.25, 0.3) is 0 Å². The number of morpholine rings is 1. The summed E-state index contributed by atoms with van der Waals surface area (Å²) < 4.78 is 5.41. The molecule has 0 saturated carbocycles. The van der Waals surface area contributed by atoms with E-state index in [0.717, 1.165) is 30.0 Å². The Morgan fingerprint density at radius 2 is 1.92 bits per heavy atom. The second-order valence-electron chi connectivity index (χ2n) is 6.08. The van der Waals surface area contributed by atoms with Crippen molar-refractivity contribution in [3.8, 4) is 0 Å². The highest BCUT2D eigenvalue weighted by Crippen LogP contribution is 2.30. The number of benzene rings is 2. The third-order valence-electron chi connectivity index (χ3n) is 4.29. The fourth-order valence-electron chi connectivity index (χ4n) is 2.84. The van der Waals surface area contributed by atoms with Crippen LogP contribution in [0.1, 0.15) is 5.56 Å².